The van der Waals surface area contributed by atoms with Gasteiger partial charge >= 0.3 is 0 Å². The SMILES string of the molecule is C=CC(O)c1ncnn1CC. The summed E-state index contributed by atoms with van der Waals surface area (Å²) in [6.45, 7) is 6.11. The normalized spacial score (nSPS) is 12.9. The van der Waals surface area contributed by atoms with Gasteiger partial charge in [-0.05, 0) is 6.92 Å². The van der Waals surface area contributed by atoms with Gasteiger partial charge in [0.15, 0.2) is 5.82 Å². The van der Waals surface area contributed by atoms with Crippen LogP contribution in [0.2, 0.25) is 0 Å². The molecular formula is C7H11N3O. The maximum atomic E-state index is 9.29. The molecule has 60 valence electrons. The molecule has 0 saturated heterocycles. The summed E-state index contributed by atoms with van der Waals surface area (Å²) < 4.78 is 1.63. The third kappa shape index (κ3) is 1.46. The van der Waals surface area contributed by atoms with Crippen molar-refractivity contribution in [3.63, 3.8) is 0 Å². The Morgan fingerprint density at radius 3 is 3.18 bits per heavy atom. The predicted molar refractivity (Wildman–Crippen MR) is 40.9 cm³/mol. The van der Waals surface area contributed by atoms with Crippen molar-refractivity contribution < 1.29 is 5.11 Å². The zero-order chi connectivity index (χ0) is 8.27. The van der Waals surface area contributed by atoms with Crippen LogP contribution in [0.1, 0.15) is 18.9 Å². The molecular weight excluding hydrogens is 142 g/mol. The first-order chi connectivity index (χ1) is 5.29. The van der Waals surface area contributed by atoms with Gasteiger partial charge in [0.2, 0.25) is 0 Å². The standard InChI is InChI=1S/C7H11N3O/c1-3-6(11)7-8-5-9-10(7)4-2/h3,5-6,11H,1,4H2,2H3. The zero-order valence-corrected chi connectivity index (χ0v) is 6.44. The van der Waals surface area contributed by atoms with Crippen LogP contribution in [0.25, 0.3) is 0 Å². The van der Waals surface area contributed by atoms with E-state index in [1.807, 2.05) is 6.92 Å². The third-order valence-electron chi connectivity index (χ3n) is 1.43. The molecule has 0 aromatic carbocycles. The van der Waals surface area contributed by atoms with E-state index in [0.717, 1.165) is 0 Å². The second-order valence-electron chi connectivity index (χ2n) is 2.11. The van der Waals surface area contributed by atoms with Crippen LogP contribution in [0.5, 0.6) is 0 Å². The van der Waals surface area contributed by atoms with E-state index in [0.29, 0.717) is 12.4 Å². The van der Waals surface area contributed by atoms with Gasteiger partial charge in [-0.2, -0.15) is 5.10 Å². The van der Waals surface area contributed by atoms with E-state index in [2.05, 4.69) is 16.7 Å². The highest BCUT2D eigenvalue weighted by Crippen LogP contribution is 2.08. The monoisotopic (exact) mass is 153 g/mol. The smallest absolute Gasteiger partial charge is 0.159 e. The largest absolute Gasteiger partial charge is 0.381 e. The number of hydrogen-bond acceptors (Lipinski definition) is 3. The van der Waals surface area contributed by atoms with Gasteiger partial charge in [0, 0.05) is 6.54 Å². The van der Waals surface area contributed by atoms with E-state index in [1.165, 1.54) is 12.4 Å². The average molecular weight is 153 g/mol. The fourth-order valence-corrected chi connectivity index (χ4v) is 0.851. The summed E-state index contributed by atoms with van der Waals surface area (Å²) in [4.78, 5) is 3.89. The lowest BCUT2D eigenvalue weighted by Crippen LogP contribution is -2.07. The highest BCUT2D eigenvalue weighted by atomic mass is 16.3. The van der Waals surface area contributed by atoms with Crippen LogP contribution in [0.3, 0.4) is 0 Å². The molecule has 1 heterocycles. The Hall–Kier alpha value is -1.16. The van der Waals surface area contributed by atoms with Crippen LogP contribution < -0.4 is 0 Å². The van der Waals surface area contributed by atoms with E-state index >= 15 is 0 Å². The summed E-state index contributed by atoms with van der Waals surface area (Å²) in [5.74, 6) is 0.544. The first-order valence-electron chi connectivity index (χ1n) is 3.48. The number of aromatic nitrogens is 3. The Morgan fingerprint density at radius 2 is 2.64 bits per heavy atom. The minimum absolute atomic E-state index is 0.544. The fraction of sp³-hybridized carbons (Fsp3) is 0.429. The molecule has 0 amide bonds. The van der Waals surface area contributed by atoms with Crippen LogP contribution in [-0.2, 0) is 6.54 Å². The molecule has 1 unspecified atom stereocenters. The van der Waals surface area contributed by atoms with Crippen LogP contribution >= 0.6 is 0 Å². The Labute approximate surface area is 65.2 Å². The van der Waals surface area contributed by atoms with E-state index < -0.39 is 6.10 Å². The van der Waals surface area contributed by atoms with Crippen molar-refractivity contribution in [1.82, 2.24) is 14.8 Å². The van der Waals surface area contributed by atoms with Crippen LogP contribution in [0.15, 0.2) is 19.0 Å². The number of aliphatic hydroxyl groups is 1. The molecule has 1 atom stereocenters. The molecule has 0 spiro atoms. The van der Waals surface area contributed by atoms with E-state index in [1.54, 1.807) is 4.68 Å². The van der Waals surface area contributed by atoms with Gasteiger partial charge in [-0.1, -0.05) is 6.08 Å². The minimum atomic E-state index is -0.711. The Kier molecular flexibility index (Phi) is 2.38. The van der Waals surface area contributed by atoms with Crippen molar-refractivity contribution in [2.45, 2.75) is 19.6 Å². The van der Waals surface area contributed by atoms with Gasteiger partial charge in [-0.25, -0.2) is 9.67 Å². The Balaban J connectivity index is 2.91. The van der Waals surface area contributed by atoms with Gasteiger partial charge in [0.25, 0.3) is 0 Å². The number of aliphatic hydroxyl groups excluding tert-OH is 1. The van der Waals surface area contributed by atoms with Crippen LogP contribution in [0, 0.1) is 0 Å². The van der Waals surface area contributed by atoms with E-state index in [9.17, 15) is 5.11 Å². The first-order valence-corrected chi connectivity index (χ1v) is 3.48. The maximum Gasteiger partial charge on any atom is 0.159 e. The molecule has 0 aliphatic heterocycles. The fourth-order valence-electron chi connectivity index (χ4n) is 0.851. The molecule has 4 heteroatoms. The second-order valence-corrected chi connectivity index (χ2v) is 2.11. The topological polar surface area (TPSA) is 50.9 Å². The molecule has 0 aliphatic carbocycles. The number of nitrogens with zero attached hydrogens (tertiary/aromatic N) is 3. The van der Waals surface area contributed by atoms with Gasteiger partial charge in [0.05, 0.1) is 0 Å². The lowest BCUT2D eigenvalue weighted by molar-refractivity contribution is 0.211. The molecule has 1 N–H and O–H groups in total. The molecule has 0 saturated carbocycles. The molecule has 4 nitrogen and oxygen atoms in total. The van der Waals surface area contributed by atoms with Gasteiger partial charge in [-0.3, -0.25) is 0 Å². The van der Waals surface area contributed by atoms with Gasteiger partial charge < -0.3 is 5.11 Å². The highest BCUT2D eigenvalue weighted by Gasteiger charge is 2.08. The Bertz CT molecular complexity index is 244. The second kappa shape index (κ2) is 3.30. The average Bonchev–Trinajstić information content (AvgIpc) is 2.50. The molecule has 0 aliphatic rings. The van der Waals surface area contributed by atoms with Crippen molar-refractivity contribution in [2.24, 2.45) is 0 Å². The van der Waals surface area contributed by atoms with E-state index in [4.69, 9.17) is 0 Å². The first kappa shape index (κ1) is 7.94. The summed E-state index contributed by atoms with van der Waals surface area (Å²) in [6, 6.07) is 0. The van der Waals surface area contributed by atoms with E-state index in [-0.39, 0.29) is 0 Å². The summed E-state index contributed by atoms with van der Waals surface area (Å²) in [6.07, 6.45) is 2.14. The Morgan fingerprint density at radius 1 is 1.91 bits per heavy atom. The molecule has 1 rings (SSSR count). The third-order valence-corrected chi connectivity index (χ3v) is 1.43. The number of rotatable bonds is 3. The number of aryl methyl sites for hydroxylation is 1. The van der Waals surface area contributed by atoms with Crippen molar-refractivity contribution in [3.8, 4) is 0 Å². The lowest BCUT2D eigenvalue weighted by atomic mass is 10.3. The van der Waals surface area contributed by atoms with Gasteiger partial charge in [0.1, 0.15) is 12.4 Å². The summed E-state index contributed by atoms with van der Waals surface area (Å²) >= 11 is 0. The molecule has 0 bridgehead atoms. The van der Waals surface area contributed by atoms with Gasteiger partial charge in [-0.15, -0.1) is 6.58 Å². The summed E-state index contributed by atoms with van der Waals surface area (Å²) in [5, 5.41) is 13.2. The minimum Gasteiger partial charge on any atom is -0.381 e. The van der Waals surface area contributed by atoms with Crippen LogP contribution in [0.4, 0.5) is 0 Å². The van der Waals surface area contributed by atoms with Crippen LogP contribution in [-0.4, -0.2) is 19.9 Å². The van der Waals surface area contributed by atoms with Crippen molar-refractivity contribution in [2.75, 3.05) is 0 Å². The summed E-state index contributed by atoms with van der Waals surface area (Å²) in [7, 11) is 0. The maximum absolute atomic E-state index is 9.29. The lowest BCUT2D eigenvalue weighted by Gasteiger charge is -2.04. The summed E-state index contributed by atoms with van der Waals surface area (Å²) in [5.41, 5.74) is 0. The molecule has 11 heavy (non-hydrogen) atoms. The predicted octanol–water partition coefficient (Wildman–Crippen LogP) is 0.517. The zero-order valence-electron chi connectivity index (χ0n) is 6.44. The molecule has 1 aromatic rings. The number of hydrogen-bond donors (Lipinski definition) is 1. The van der Waals surface area contributed by atoms with Crippen molar-refractivity contribution in [1.29, 1.82) is 0 Å². The molecule has 0 radical (unpaired) electrons. The van der Waals surface area contributed by atoms with Crippen molar-refractivity contribution >= 4 is 0 Å². The molecule has 1 aromatic heterocycles. The molecule has 0 fully saturated rings. The van der Waals surface area contributed by atoms with Crippen molar-refractivity contribution in [3.05, 3.63) is 24.8 Å². The quantitative estimate of drug-likeness (QED) is 0.644. The highest BCUT2D eigenvalue weighted by molar-refractivity contribution is 4.98.